The predicted octanol–water partition coefficient (Wildman–Crippen LogP) is 1.42. The lowest BCUT2D eigenvalue weighted by atomic mass is 10.1. The molecule has 6 heteroatoms. The lowest BCUT2D eigenvalue weighted by molar-refractivity contribution is -0.114. The maximum Gasteiger partial charge on any atom is 0.299 e. The Morgan fingerprint density at radius 2 is 2.11 bits per heavy atom. The third kappa shape index (κ3) is 2.06. The van der Waals surface area contributed by atoms with Crippen molar-refractivity contribution in [3.8, 4) is 0 Å². The zero-order valence-corrected chi connectivity index (χ0v) is 11.2. The van der Waals surface area contributed by atoms with Crippen LogP contribution in [0.2, 0.25) is 0 Å². The van der Waals surface area contributed by atoms with Gasteiger partial charge in [-0.05, 0) is 24.6 Å². The van der Waals surface area contributed by atoms with E-state index in [4.69, 9.17) is 0 Å². The maximum absolute atomic E-state index is 13.2. The molecule has 1 N–H and O–H groups in total. The van der Waals surface area contributed by atoms with E-state index < -0.39 is 23.6 Å². The van der Waals surface area contributed by atoms with Gasteiger partial charge in [-0.3, -0.25) is 9.59 Å². The van der Waals surface area contributed by atoms with Crippen molar-refractivity contribution in [3.63, 3.8) is 0 Å². The van der Waals surface area contributed by atoms with Gasteiger partial charge in [0.05, 0.1) is 23.9 Å². The molecular weight excluding hydrogens is 305 g/mol. The summed E-state index contributed by atoms with van der Waals surface area (Å²) in [5.74, 6) is -2.00. The van der Waals surface area contributed by atoms with Crippen molar-refractivity contribution in [2.75, 3.05) is 16.8 Å². The Morgan fingerprint density at radius 1 is 1.44 bits per heavy atom. The van der Waals surface area contributed by atoms with Gasteiger partial charge in [-0.25, -0.2) is 4.39 Å². The first-order valence-electron chi connectivity index (χ1n) is 5.36. The van der Waals surface area contributed by atoms with Crippen LogP contribution in [0.3, 0.4) is 0 Å². The van der Waals surface area contributed by atoms with Crippen molar-refractivity contribution in [1.29, 1.82) is 0 Å². The second-order valence-corrected chi connectivity index (χ2v) is 4.82. The van der Waals surface area contributed by atoms with E-state index in [0.29, 0.717) is 16.6 Å². The average Bonchev–Trinajstić information content (AvgIpc) is 2.54. The normalized spacial score (nSPS) is 16.1. The summed E-state index contributed by atoms with van der Waals surface area (Å²) >= 11 is 3.09. The zero-order valence-electron chi connectivity index (χ0n) is 9.61. The predicted molar refractivity (Wildman–Crippen MR) is 67.6 cm³/mol. The summed E-state index contributed by atoms with van der Waals surface area (Å²) in [7, 11) is 0. The average molecular weight is 316 g/mol. The minimum atomic E-state index is -0.780. The zero-order chi connectivity index (χ0) is 13.4. The summed E-state index contributed by atoms with van der Waals surface area (Å²) in [4.78, 5) is 24.7. The molecule has 0 spiro atoms. The van der Waals surface area contributed by atoms with E-state index in [0.717, 1.165) is 6.07 Å². The van der Waals surface area contributed by atoms with Gasteiger partial charge in [0.25, 0.3) is 11.7 Å². The van der Waals surface area contributed by atoms with Crippen molar-refractivity contribution in [1.82, 2.24) is 0 Å². The van der Waals surface area contributed by atoms with Gasteiger partial charge in [-0.2, -0.15) is 0 Å². The molecule has 0 aromatic heterocycles. The van der Waals surface area contributed by atoms with E-state index >= 15 is 0 Å². The van der Waals surface area contributed by atoms with Gasteiger partial charge in [0.2, 0.25) is 0 Å². The Kier molecular flexibility index (Phi) is 3.49. The van der Waals surface area contributed by atoms with Gasteiger partial charge in [0, 0.05) is 5.33 Å². The molecule has 0 saturated carbocycles. The quantitative estimate of drug-likeness (QED) is 0.678. The number of benzene rings is 1. The molecule has 0 fully saturated rings. The van der Waals surface area contributed by atoms with Crippen LogP contribution in [0.15, 0.2) is 12.1 Å². The molecule has 4 nitrogen and oxygen atoms in total. The summed E-state index contributed by atoms with van der Waals surface area (Å²) in [6, 6.07) is 2.32. The minimum absolute atomic E-state index is 0.00922. The molecule has 0 saturated heterocycles. The standard InChI is InChI=1S/C12H11BrFNO3/c1-6-2-7(14)3-9-10(6)15(5-8(16)4-13)12(18)11(9)17/h2-3,8,16H,4-5H2,1H3. The number of hydrogen-bond donors (Lipinski definition) is 1. The first-order chi connectivity index (χ1) is 8.45. The highest BCUT2D eigenvalue weighted by molar-refractivity contribution is 9.09. The van der Waals surface area contributed by atoms with Crippen molar-refractivity contribution in [3.05, 3.63) is 29.1 Å². The first-order valence-corrected chi connectivity index (χ1v) is 6.48. The lowest BCUT2D eigenvalue weighted by Crippen LogP contribution is -2.37. The van der Waals surface area contributed by atoms with E-state index in [1.54, 1.807) is 6.92 Å². The van der Waals surface area contributed by atoms with Crippen molar-refractivity contribution in [2.45, 2.75) is 13.0 Å². The number of rotatable bonds is 3. The van der Waals surface area contributed by atoms with Crippen molar-refractivity contribution >= 4 is 33.3 Å². The van der Waals surface area contributed by atoms with Gasteiger partial charge in [0.15, 0.2) is 0 Å². The first kappa shape index (κ1) is 13.2. The number of aliphatic hydroxyl groups is 1. The fourth-order valence-corrected chi connectivity index (χ4v) is 2.24. The van der Waals surface area contributed by atoms with Crippen LogP contribution >= 0.6 is 15.9 Å². The number of amides is 1. The Balaban J connectivity index is 2.48. The minimum Gasteiger partial charge on any atom is -0.390 e. The summed E-state index contributed by atoms with van der Waals surface area (Å²) in [5, 5.41) is 9.86. The Morgan fingerprint density at radius 3 is 2.72 bits per heavy atom. The smallest absolute Gasteiger partial charge is 0.299 e. The molecule has 1 aliphatic heterocycles. The van der Waals surface area contributed by atoms with Gasteiger partial charge < -0.3 is 10.0 Å². The number of carbonyl (C=O) groups excluding carboxylic acids is 2. The topological polar surface area (TPSA) is 57.6 Å². The molecule has 96 valence electrons. The van der Waals surface area contributed by atoms with Gasteiger partial charge in [-0.1, -0.05) is 15.9 Å². The molecule has 1 aliphatic rings. The molecule has 2 rings (SSSR count). The highest BCUT2D eigenvalue weighted by Crippen LogP contribution is 2.33. The van der Waals surface area contributed by atoms with Crippen LogP contribution < -0.4 is 4.90 Å². The molecule has 1 unspecified atom stereocenters. The number of fused-ring (bicyclic) bond motifs is 1. The van der Waals surface area contributed by atoms with E-state index in [2.05, 4.69) is 15.9 Å². The van der Waals surface area contributed by atoms with E-state index in [1.807, 2.05) is 0 Å². The number of aliphatic hydroxyl groups excluding tert-OH is 1. The summed E-state index contributed by atoms with van der Waals surface area (Å²) < 4.78 is 13.2. The van der Waals surface area contributed by atoms with Crippen LogP contribution in [-0.4, -0.2) is 34.8 Å². The second-order valence-electron chi connectivity index (χ2n) is 4.17. The summed E-state index contributed by atoms with van der Waals surface area (Å²) in [6.45, 7) is 1.64. The number of nitrogens with zero attached hydrogens (tertiary/aromatic N) is 1. The Labute approximate surface area is 112 Å². The van der Waals surface area contributed by atoms with Crippen LogP contribution in [0.1, 0.15) is 15.9 Å². The van der Waals surface area contributed by atoms with Crippen molar-refractivity contribution < 1.29 is 19.1 Å². The van der Waals surface area contributed by atoms with Crippen LogP contribution in [0.25, 0.3) is 0 Å². The number of Topliss-reactive ketones (excluding diaryl/α,β-unsaturated/α-hetero) is 1. The maximum atomic E-state index is 13.2. The number of halogens is 2. The highest BCUT2D eigenvalue weighted by Gasteiger charge is 2.38. The van der Waals surface area contributed by atoms with Crippen LogP contribution in [0.5, 0.6) is 0 Å². The van der Waals surface area contributed by atoms with Crippen LogP contribution in [0, 0.1) is 12.7 Å². The monoisotopic (exact) mass is 315 g/mol. The van der Waals surface area contributed by atoms with E-state index in [1.165, 1.54) is 11.0 Å². The molecule has 18 heavy (non-hydrogen) atoms. The van der Waals surface area contributed by atoms with Crippen LogP contribution in [0.4, 0.5) is 10.1 Å². The van der Waals surface area contributed by atoms with Crippen LogP contribution in [-0.2, 0) is 4.79 Å². The van der Waals surface area contributed by atoms with Gasteiger partial charge in [0.1, 0.15) is 5.82 Å². The number of ketones is 1. The van der Waals surface area contributed by atoms with E-state index in [9.17, 15) is 19.1 Å². The molecular formula is C12H11BrFNO3. The number of alkyl halides is 1. The summed E-state index contributed by atoms with van der Waals surface area (Å²) in [6.07, 6.45) is -0.780. The number of hydrogen-bond acceptors (Lipinski definition) is 3. The highest BCUT2D eigenvalue weighted by atomic mass is 79.9. The largest absolute Gasteiger partial charge is 0.390 e. The SMILES string of the molecule is Cc1cc(F)cc2c1N(CC(O)CBr)C(=O)C2=O. The Hall–Kier alpha value is -1.27. The van der Waals surface area contributed by atoms with Crippen molar-refractivity contribution in [2.24, 2.45) is 0 Å². The molecule has 1 heterocycles. The summed E-state index contributed by atoms with van der Waals surface area (Å²) in [5.41, 5.74) is 0.969. The molecule has 0 bridgehead atoms. The van der Waals surface area contributed by atoms with Gasteiger partial charge in [-0.15, -0.1) is 0 Å². The third-order valence-corrected chi connectivity index (χ3v) is 3.54. The molecule has 1 aromatic rings. The molecule has 0 aliphatic carbocycles. The molecule has 1 aromatic carbocycles. The van der Waals surface area contributed by atoms with Gasteiger partial charge >= 0.3 is 0 Å². The third-order valence-electron chi connectivity index (χ3n) is 2.79. The lowest BCUT2D eigenvalue weighted by Gasteiger charge is -2.20. The Bertz CT molecular complexity index is 532. The number of β-amino-alcohol motifs (C(OH)–C–C–N with tert-alkyl or cyclic N) is 1. The molecule has 1 amide bonds. The number of anilines is 1. The molecule has 1 atom stereocenters. The number of aryl methyl sites for hydroxylation is 1. The fraction of sp³-hybridized carbons (Fsp3) is 0.333. The number of carbonyl (C=O) groups is 2. The fourth-order valence-electron chi connectivity index (χ4n) is 2.04. The second kappa shape index (κ2) is 4.78. The molecule has 0 radical (unpaired) electrons. The van der Waals surface area contributed by atoms with E-state index in [-0.39, 0.29) is 12.1 Å².